The number of nitrogens with zero attached hydrogens (tertiary/aromatic N) is 1. The Labute approximate surface area is 148 Å². The Kier molecular flexibility index (Phi) is 4.64. The maximum atomic E-state index is 2.47. The van der Waals surface area contributed by atoms with Crippen LogP contribution in [-0.2, 0) is 7.05 Å². The van der Waals surface area contributed by atoms with Crippen LogP contribution in [0.4, 0.5) is 0 Å². The molecule has 3 aromatic rings. The summed E-state index contributed by atoms with van der Waals surface area (Å²) in [6, 6.07) is 21.9. The monoisotopic (exact) mass is 378 g/mol. The van der Waals surface area contributed by atoms with E-state index in [9.17, 15) is 0 Å². The van der Waals surface area contributed by atoms with E-state index in [1.165, 1.54) is 27.9 Å². The summed E-state index contributed by atoms with van der Waals surface area (Å²) in [5, 5.41) is 0. The van der Waals surface area contributed by atoms with Crippen LogP contribution in [0, 0.1) is 6.92 Å². The summed E-state index contributed by atoms with van der Waals surface area (Å²) in [4.78, 5) is 0. The number of hydrogen-bond acceptors (Lipinski definition) is 0. The van der Waals surface area contributed by atoms with Crippen LogP contribution in [0.15, 0.2) is 66.9 Å². The predicted octanol–water partition coefficient (Wildman–Crippen LogP) is 4.70. The molecule has 0 N–H and O–H groups in total. The van der Waals surface area contributed by atoms with Crippen LogP contribution < -0.4 is 8.96 Å². The van der Waals surface area contributed by atoms with Crippen molar-refractivity contribution in [1.29, 1.82) is 0 Å². The van der Waals surface area contributed by atoms with Gasteiger partial charge in [0.25, 0.3) is 0 Å². The van der Waals surface area contributed by atoms with Gasteiger partial charge >= 0.3 is 148 Å². The van der Waals surface area contributed by atoms with Gasteiger partial charge in [-0.2, -0.15) is 0 Å². The molecule has 0 radical (unpaired) electrons. The summed E-state index contributed by atoms with van der Waals surface area (Å²) in [5.41, 5.74) is 6.63. The molecular formula is C22H26GeN+. The zero-order chi connectivity index (χ0) is 17.3. The van der Waals surface area contributed by atoms with Crippen LogP contribution in [0.25, 0.3) is 22.4 Å². The fourth-order valence-corrected chi connectivity index (χ4v) is 6.60. The van der Waals surface area contributed by atoms with Gasteiger partial charge in [-0.05, 0) is 0 Å². The fourth-order valence-electron chi connectivity index (χ4n) is 3.23. The van der Waals surface area contributed by atoms with E-state index in [0.29, 0.717) is 0 Å². The third kappa shape index (κ3) is 3.32. The molecule has 0 fully saturated rings. The summed E-state index contributed by atoms with van der Waals surface area (Å²) in [5.74, 6) is 7.40. The average Bonchev–Trinajstić information content (AvgIpc) is 2.55. The molecule has 0 amide bonds. The van der Waals surface area contributed by atoms with Crippen molar-refractivity contribution in [2.75, 3.05) is 0 Å². The van der Waals surface area contributed by atoms with Crippen LogP contribution >= 0.6 is 0 Å². The Morgan fingerprint density at radius 2 is 1.42 bits per heavy atom. The first-order chi connectivity index (χ1) is 11.4. The molecule has 1 heterocycles. The Hall–Kier alpha value is -1.87. The average molecular weight is 377 g/mol. The van der Waals surface area contributed by atoms with Gasteiger partial charge in [-0.25, -0.2) is 0 Å². The first-order valence-corrected chi connectivity index (χ1v) is 15.9. The normalized spacial score (nSPS) is 11.5. The number of pyridine rings is 1. The molecule has 1 nitrogen and oxygen atoms in total. The van der Waals surface area contributed by atoms with Crippen LogP contribution in [-0.4, -0.2) is 13.3 Å². The quantitative estimate of drug-likeness (QED) is 0.460. The van der Waals surface area contributed by atoms with Gasteiger partial charge < -0.3 is 0 Å². The van der Waals surface area contributed by atoms with Crippen LogP contribution in [0.5, 0.6) is 0 Å². The predicted molar refractivity (Wildman–Crippen MR) is 106 cm³/mol. The molecule has 0 aliphatic carbocycles. The van der Waals surface area contributed by atoms with Crippen molar-refractivity contribution in [2.45, 2.75) is 24.2 Å². The number of rotatable bonds is 3. The third-order valence-electron chi connectivity index (χ3n) is 4.59. The van der Waals surface area contributed by atoms with E-state index in [0.717, 1.165) is 0 Å². The van der Waals surface area contributed by atoms with E-state index in [2.05, 4.69) is 103 Å². The molecule has 2 aromatic carbocycles. The minimum atomic E-state index is -1.99. The van der Waals surface area contributed by atoms with Gasteiger partial charge in [-0.1, -0.05) is 0 Å². The van der Waals surface area contributed by atoms with Gasteiger partial charge in [0, 0.05) is 0 Å². The first-order valence-electron chi connectivity index (χ1n) is 8.53. The molecule has 0 saturated heterocycles. The second-order valence-corrected chi connectivity index (χ2v) is 18.1. The van der Waals surface area contributed by atoms with E-state index in [1.807, 2.05) is 0 Å². The van der Waals surface area contributed by atoms with E-state index < -0.39 is 13.3 Å². The molecule has 0 unspecified atom stereocenters. The van der Waals surface area contributed by atoms with Gasteiger partial charge in [0.2, 0.25) is 0 Å². The molecule has 1 aromatic heterocycles. The van der Waals surface area contributed by atoms with Gasteiger partial charge in [0.15, 0.2) is 0 Å². The maximum absolute atomic E-state index is 2.47. The molecule has 0 aliphatic rings. The number of aryl methyl sites for hydroxylation is 2. The van der Waals surface area contributed by atoms with E-state index >= 15 is 0 Å². The van der Waals surface area contributed by atoms with Gasteiger partial charge in [0.05, 0.1) is 0 Å². The number of aromatic nitrogens is 1. The Morgan fingerprint density at radius 1 is 0.792 bits per heavy atom. The third-order valence-corrected chi connectivity index (χ3v) is 8.81. The molecule has 24 heavy (non-hydrogen) atoms. The number of benzene rings is 2. The molecule has 3 rings (SSSR count). The minimum absolute atomic E-state index is 1.28. The van der Waals surface area contributed by atoms with Crippen molar-refractivity contribution in [2.24, 2.45) is 7.05 Å². The standard InChI is InChI=1S/C22H26GeN/c1-17-11-9-10-14-19(17)22-15-20(18-12-7-6-8-13-18)21(16-24(22)5)23(2,3)4/h6-16H,1-5H3/q+1. The topological polar surface area (TPSA) is 3.88 Å². The molecule has 0 bridgehead atoms. The summed E-state index contributed by atoms with van der Waals surface area (Å²) >= 11 is -1.99. The van der Waals surface area contributed by atoms with Crippen molar-refractivity contribution in [3.8, 4) is 22.4 Å². The van der Waals surface area contributed by atoms with Gasteiger partial charge in [-0.3, -0.25) is 0 Å². The van der Waals surface area contributed by atoms with Gasteiger partial charge in [-0.15, -0.1) is 0 Å². The zero-order valence-electron chi connectivity index (χ0n) is 15.3. The first kappa shape index (κ1) is 17.0. The summed E-state index contributed by atoms with van der Waals surface area (Å²) in [6.07, 6.45) is 2.38. The Bertz CT molecular complexity index is 861. The molecule has 0 aliphatic heterocycles. The molecule has 0 saturated carbocycles. The molecule has 122 valence electrons. The molecule has 0 spiro atoms. The van der Waals surface area contributed by atoms with Crippen molar-refractivity contribution in [3.63, 3.8) is 0 Å². The van der Waals surface area contributed by atoms with Crippen LogP contribution in [0.1, 0.15) is 5.56 Å². The van der Waals surface area contributed by atoms with Crippen molar-refractivity contribution in [1.82, 2.24) is 0 Å². The van der Waals surface area contributed by atoms with Gasteiger partial charge in [0.1, 0.15) is 0 Å². The van der Waals surface area contributed by atoms with Crippen LogP contribution in [0.2, 0.25) is 17.3 Å². The molecule has 2 heteroatoms. The second kappa shape index (κ2) is 6.56. The van der Waals surface area contributed by atoms with E-state index in [1.54, 1.807) is 4.40 Å². The van der Waals surface area contributed by atoms with E-state index in [4.69, 9.17) is 0 Å². The van der Waals surface area contributed by atoms with E-state index in [-0.39, 0.29) is 0 Å². The molecule has 0 atom stereocenters. The summed E-state index contributed by atoms with van der Waals surface area (Å²) in [7, 11) is 2.17. The molecular weight excluding hydrogens is 351 g/mol. The Balaban J connectivity index is 2.30. The van der Waals surface area contributed by atoms with Crippen molar-refractivity contribution in [3.05, 3.63) is 72.4 Å². The fraction of sp³-hybridized carbons (Fsp3) is 0.227. The zero-order valence-corrected chi connectivity index (χ0v) is 17.4. The SMILES string of the molecule is Cc1ccccc1-c1cc(-c2ccccc2)[c]([Ge]([CH3])([CH3])[CH3])c[n+]1C. The summed E-state index contributed by atoms with van der Waals surface area (Å²) in [6.45, 7) is 2.19. The van der Waals surface area contributed by atoms with Crippen molar-refractivity contribution < 1.29 is 4.57 Å². The Morgan fingerprint density at radius 3 is 2.04 bits per heavy atom. The van der Waals surface area contributed by atoms with Crippen LogP contribution in [0.3, 0.4) is 0 Å². The van der Waals surface area contributed by atoms with Crippen molar-refractivity contribution >= 4 is 17.7 Å². The number of hydrogen-bond donors (Lipinski definition) is 0. The second-order valence-electron chi connectivity index (χ2n) is 7.53. The summed E-state index contributed by atoms with van der Waals surface area (Å²) < 4.78 is 3.86.